The van der Waals surface area contributed by atoms with E-state index in [2.05, 4.69) is 26.8 Å². The van der Waals surface area contributed by atoms with Crippen molar-refractivity contribution in [3.8, 4) is 0 Å². The Kier molecular flexibility index (Phi) is 5.24. The van der Waals surface area contributed by atoms with Crippen molar-refractivity contribution >= 4 is 0 Å². The molecule has 0 bridgehead atoms. The average molecular weight is 383 g/mol. The summed E-state index contributed by atoms with van der Waals surface area (Å²) in [5.74, 6) is 6.10. The van der Waals surface area contributed by atoms with Crippen LogP contribution in [0.1, 0.15) is 117 Å². The number of allylic oxidation sites excluding steroid dienone is 2. The van der Waals surface area contributed by atoms with Crippen LogP contribution < -0.4 is 0 Å². The second kappa shape index (κ2) is 7.46. The van der Waals surface area contributed by atoms with E-state index in [-0.39, 0.29) is 0 Å². The quantitative estimate of drug-likeness (QED) is 0.429. The molecule has 0 nitrogen and oxygen atoms in total. The van der Waals surface area contributed by atoms with Crippen molar-refractivity contribution in [2.45, 2.75) is 117 Å². The van der Waals surface area contributed by atoms with Crippen LogP contribution in [0.4, 0.5) is 0 Å². The first-order valence-electron chi connectivity index (χ1n) is 13.2. The van der Waals surface area contributed by atoms with Crippen LogP contribution in [-0.4, -0.2) is 0 Å². The van der Waals surface area contributed by atoms with E-state index in [1.165, 1.54) is 70.6 Å². The van der Waals surface area contributed by atoms with E-state index in [1.54, 1.807) is 25.7 Å². The highest BCUT2D eigenvalue weighted by Gasteiger charge is 2.58. The molecule has 5 aliphatic rings. The summed E-state index contributed by atoms with van der Waals surface area (Å²) in [6.07, 6.45) is 25.4. The zero-order valence-corrected chi connectivity index (χ0v) is 19.1. The summed E-state index contributed by atoms with van der Waals surface area (Å²) in [4.78, 5) is 0. The summed E-state index contributed by atoms with van der Waals surface area (Å²) in [7, 11) is 0. The van der Waals surface area contributed by atoms with Crippen LogP contribution in [0, 0.1) is 46.3 Å². The molecule has 4 fully saturated rings. The van der Waals surface area contributed by atoms with Crippen LogP contribution >= 0.6 is 0 Å². The number of hydrogen-bond acceptors (Lipinski definition) is 0. The Hall–Kier alpha value is -0.260. The highest BCUT2D eigenvalue weighted by atomic mass is 14.6. The molecule has 0 heteroatoms. The molecule has 0 aromatic rings. The molecule has 0 saturated heterocycles. The van der Waals surface area contributed by atoms with Crippen molar-refractivity contribution in [2.75, 3.05) is 0 Å². The van der Waals surface area contributed by atoms with Gasteiger partial charge in [-0.1, -0.05) is 70.9 Å². The molecule has 7 unspecified atom stereocenters. The maximum atomic E-state index is 2.76. The molecule has 0 radical (unpaired) electrons. The predicted molar refractivity (Wildman–Crippen MR) is 120 cm³/mol. The van der Waals surface area contributed by atoms with Gasteiger partial charge in [-0.15, -0.1) is 0 Å². The standard InChI is InChI=1S/C28H46/c1-20(19-21-9-5-4-6-10-21)24-14-15-25-23-13-12-22-11-7-8-17-27(22,2)26(23)16-18-28(24,25)3/h12,20-21,23-26H,4-11,13-19H2,1-3H3. The lowest BCUT2D eigenvalue weighted by molar-refractivity contribution is -0.0512. The number of hydrogen-bond donors (Lipinski definition) is 0. The zero-order chi connectivity index (χ0) is 19.4. The van der Waals surface area contributed by atoms with Gasteiger partial charge >= 0.3 is 0 Å². The Morgan fingerprint density at radius 1 is 0.893 bits per heavy atom. The van der Waals surface area contributed by atoms with E-state index in [1.807, 2.05) is 5.57 Å². The SMILES string of the molecule is CC(CC1CCCCC1)C1CCC2C3CC=C4CCCCC4(C)C3CCC12C. The van der Waals surface area contributed by atoms with Gasteiger partial charge < -0.3 is 0 Å². The lowest BCUT2D eigenvalue weighted by Crippen LogP contribution is -2.50. The second-order valence-electron chi connectivity index (χ2n) is 12.4. The van der Waals surface area contributed by atoms with Crippen molar-refractivity contribution in [1.82, 2.24) is 0 Å². The highest BCUT2D eigenvalue weighted by molar-refractivity contribution is 5.24. The fraction of sp³-hybridized carbons (Fsp3) is 0.929. The van der Waals surface area contributed by atoms with E-state index in [4.69, 9.17) is 0 Å². The van der Waals surface area contributed by atoms with Gasteiger partial charge in [0.2, 0.25) is 0 Å². The molecule has 0 aromatic carbocycles. The summed E-state index contributed by atoms with van der Waals surface area (Å²) in [5, 5.41) is 0. The molecule has 0 amide bonds. The molecular weight excluding hydrogens is 336 g/mol. The minimum Gasteiger partial charge on any atom is -0.0845 e. The second-order valence-corrected chi connectivity index (χ2v) is 12.4. The van der Waals surface area contributed by atoms with E-state index >= 15 is 0 Å². The largest absolute Gasteiger partial charge is 0.0845 e. The minimum atomic E-state index is 0.578. The maximum Gasteiger partial charge on any atom is -0.00853 e. The van der Waals surface area contributed by atoms with Crippen LogP contribution in [0.3, 0.4) is 0 Å². The van der Waals surface area contributed by atoms with Gasteiger partial charge in [-0.2, -0.15) is 0 Å². The normalized spacial score (nSPS) is 47.6. The third kappa shape index (κ3) is 3.06. The molecule has 158 valence electrons. The third-order valence-electron chi connectivity index (χ3n) is 11.2. The molecular formula is C28H46. The Morgan fingerprint density at radius 3 is 2.54 bits per heavy atom. The number of rotatable bonds is 3. The van der Waals surface area contributed by atoms with Crippen molar-refractivity contribution in [3.05, 3.63) is 11.6 Å². The van der Waals surface area contributed by atoms with Crippen molar-refractivity contribution < 1.29 is 0 Å². The van der Waals surface area contributed by atoms with Gasteiger partial charge in [-0.25, -0.2) is 0 Å². The Balaban J connectivity index is 1.33. The van der Waals surface area contributed by atoms with Crippen LogP contribution in [0.15, 0.2) is 11.6 Å². The van der Waals surface area contributed by atoms with Crippen molar-refractivity contribution in [2.24, 2.45) is 46.3 Å². The third-order valence-corrected chi connectivity index (χ3v) is 11.2. The first kappa shape index (κ1) is 19.7. The van der Waals surface area contributed by atoms with Gasteiger partial charge in [0.05, 0.1) is 0 Å². The van der Waals surface area contributed by atoms with Gasteiger partial charge in [0.15, 0.2) is 0 Å². The van der Waals surface area contributed by atoms with Crippen LogP contribution in [0.2, 0.25) is 0 Å². The molecule has 5 rings (SSSR count). The first-order chi connectivity index (χ1) is 13.5. The average Bonchev–Trinajstić information content (AvgIpc) is 3.05. The summed E-state index contributed by atoms with van der Waals surface area (Å²) in [6, 6.07) is 0. The topological polar surface area (TPSA) is 0 Å². The van der Waals surface area contributed by atoms with Crippen molar-refractivity contribution in [3.63, 3.8) is 0 Å². The van der Waals surface area contributed by atoms with Gasteiger partial charge in [0, 0.05) is 0 Å². The lowest BCUT2D eigenvalue weighted by Gasteiger charge is -2.58. The molecule has 4 saturated carbocycles. The zero-order valence-electron chi connectivity index (χ0n) is 19.1. The van der Waals surface area contributed by atoms with E-state index in [0.717, 1.165) is 35.5 Å². The van der Waals surface area contributed by atoms with Crippen LogP contribution in [-0.2, 0) is 0 Å². The molecule has 0 heterocycles. The number of fused-ring (bicyclic) bond motifs is 5. The van der Waals surface area contributed by atoms with E-state index < -0.39 is 0 Å². The Bertz CT molecular complexity index is 595. The minimum absolute atomic E-state index is 0.578. The Morgan fingerprint density at radius 2 is 1.71 bits per heavy atom. The molecule has 0 N–H and O–H groups in total. The molecule has 28 heavy (non-hydrogen) atoms. The summed E-state index contributed by atoms with van der Waals surface area (Å²) in [6.45, 7) is 8.08. The molecule has 5 aliphatic carbocycles. The maximum absolute atomic E-state index is 2.76. The monoisotopic (exact) mass is 382 g/mol. The van der Waals surface area contributed by atoms with E-state index in [0.29, 0.717) is 10.8 Å². The molecule has 7 atom stereocenters. The fourth-order valence-corrected chi connectivity index (χ4v) is 9.79. The molecule has 0 aliphatic heterocycles. The highest BCUT2D eigenvalue weighted by Crippen LogP contribution is 2.67. The first-order valence-corrected chi connectivity index (χ1v) is 13.2. The van der Waals surface area contributed by atoms with Gasteiger partial charge in [-0.05, 0) is 104 Å². The predicted octanol–water partition coefficient (Wildman–Crippen LogP) is 8.56. The summed E-state index contributed by atoms with van der Waals surface area (Å²) >= 11 is 0. The van der Waals surface area contributed by atoms with Gasteiger partial charge in [0.25, 0.3) is 0 Å². The smallest absolute Gasteiger partial charge is 0.00853 e. The van der Waals surface area contributed by atoms with Crippen LogP contribution in [0.5, 0.6) is 0 Å². The lowest BCUT2D eigenvalue weighted by atomic mass is 9.47. The van der Waals surface area contributed by atoms with Gasteiger partial charge in [0.1, 0.15) is 0 Å². The summed E-state index contributed by atoms with van der Waals surface area (Å²) in [5.41, 5.74) is 3.11. The van der Waals surface area contributed by atoms with E-state index in [9.17, 15) is 0 Å². The van der Waals surface area contributed by atoms with Crippen LogP contribution in [0.25, 0.3) is 0 Å². The van der Waals surface area contributed by atoms with Gasteiger partial charge in [-0.3, -0.25) is 0 Å². The molecule has 0 spiro atoms. The molecule has 0 aromatic heterocycles. The van der Waals surface area contributed by atoms with Crippen molar-refractivity contribution in [1.29, 1.82) is 0 Å². The fourth-order valence-electron chi connectivity index (χ4n) is 9.79. The summed E-state index contributed by atoms with van der Waals surface area (Å²) < 4.78 is 0. The Labute approximate surface area is 175 Å².